The molecule has 0 fully saturated rings. The van der Waals surface area contributed by atoms with Crippen LogP contribution in [0.3, 0.4) is 0 Å². The first kappa shape index (κ1) is 14.1. The number of nitriles is 1. The first-order valence-corrected chi connectivity index (χ1v) is 6.99. The Labute approximate surface area is 115 Å². The summed E-state index contributed by atoms with van der Waals surface area (Å²) in [6.45, 7) is 0.160. The highest BCUT2D eigenvalue weighted by atomic mass is 32.2. The van der Waals surface area contributed by atoms with Crippen molar-refractivity contribution in [3.8, 4) is 11.8 Å². The molecule has 0 aliphatic rings. The monoisotopic (exact) mass is 293 g/mol. The van der Waals surface area contributed by atoms with E-state index in [1.165, 1.54) is 36.1 Å². The summed E-state index contributed by atoms with van der Waals surface area (Å²) in [5, 5.41) is 21.5. The Morgan fingerprint density at radius 1 is 1.40 bits per heavy atom. The molecule has 0 aliphatic heterocycles. The quantitative estimate of drug-likeness (QED) is 0.841. The molecule has 20 heavy (non-hydrogen) atoms. The summed E-state index contributed by atoms with van der Waals surface area (Å²) < 4.78 is 28.8. The van der Waals surface area contributed by atoms with E-state index >= 15 is 0 Å². The Balaban J connectivity index is 2.47. The number of rotatable bonds is 4. The van der Waals surface area contributed by atoms with Crippen molar-refractivity contribution in [1.82, 2.24) is 15.0 Å². The normalized spacial score (nSPS) is 11.2. The van der Waals surface area contributed by atoms with Gasteiger partial charge in [-0.15, -0.1) is 5.10 Å². The number of nitrogens with two attached hydrogens (primary N) is 1. The van der Waals surface area contributed by atoms with Crippen LogP contribution in [0.25, 0.3) is 5.69 Å². The summed E-state index contributed by atoms with van der Waals surface area (Å²) in [7, 11) is -2.26. The van der Waals surface area contributed by atoms with Gasteiger partial charge in [0.1, 0.15) is 11.8 Å². The molecule has 1 aromatic carbocycles. The topological polar surface area (TPSA) is 124 Å². The van der Waals surface area contributed by atoms with E-state index in [0.29, 0.717) is 11.4 Å². The molecule has 0 radical (unpaired) electrons. The molecular formula is C11H11N5O3S. The zero-order chi connectivity index (χ0) is 14.8. The molecule has 8 nitrogen and oxygen atoms in total. The largest absolute Gasteiger partial charge is 0.378 e. The Hall–Kier alpha value is -2.28. The second-order valence-corrected chi connectivity index (χ2v) is 5.44. The lowest BCUT2D eigenvalue weighted by molar-refractivity contribution is 0.179. The maximum Gasteiger partial charge on any atom is 0.238 e. The molecule has 0 bridgehead atoms. The Kier molecular flexibility index (Phi) is 3.80. The van der Waals surface area contributed by atoms with Crippen LogP contribution in [0, 0.1) is 11.3 Å². The highest BCUT2D eigenvalue weighted by Crippen LogP contribution is 2.16. The number of hydrogen-bond acceptors (Lipinski definition) is 6. The zero-order valence-electron chi connectivity index (χ0n) is 10.5. The van der Waals surface area contributed by atoms with Gasteiger partial charge in [-0.25, -0.2) is 18.2 Å². The van der Waals surface area contributed by atoms with Crippen LogP contribution in [0.4, 0.5) is 0 Å². The van der Waals surface area contributed by atoms with Crippen LogP contribution in [-0.2, 0) is 21.4 Å². The van der Waals surface area contributed by atoms with Gasteiger partial charge in [-0.05, 0) is 24.3 Å². The molecule has 0 saturated carbocycles. The van der Waals surface area contributed by atoms with Gasteiger partial charge >= 0.3 is 0 Å². The van der Waals surface area contributed by atoms with E-state index in [4.69, 9.17) is 15.1 Å². The minimum absolute atomic E-state index is 0.00448. The number of ether oxygens (including phenoxy) is 1. The maximum absolute atomic E-state index is 11.2. The molecule has 0 unspecified atom stereocenters. The number of primary sulfonamides is 1. The van der Waals surface area contributed by atoms with Crippen LogP contribution in [-0.4, -0.2) is 30.5 Å². The predicted octanol–water partition coefficient (Wildman–Crippen LogP) is -0.0672. The van der Waals surface area contributed by atoms with E-state index in [1.807, 2.05) is 6.07 Å². The van der Waals surface area contributed by atoms with Crippen LogP contribution >= 0.6 is 0 Å². The van der Waals surface area contributed by atoms with Gasteiger partial charge < -0.3 is 4.74 Å². The summed E-state index contributed by atoms with van der Waals surface area (Å²) >= 11 is 0. The Morgan fingerprint density at radius 3 is 2.55 bits per heavy atom. The van der Waals surface area contributed by atoms with Gasteiger partial charge in [-0.3, -0.25) is 0 Å². The molecule has 0 aliphatic carbocycles. The number of methoxy groups -OCH3 is 1. The molecule has 104 valence electrons. The summed E-state index contributed by atoms with van der Waals surface area (Å²) in [5.41, 5.74) is 1.19. The molecule has 0 spiro atoms. The van der Waals surface area contributed by atoms with Gasteiger partial charge in [0.25, 0.3) is 0 Å². The van der Waals surface area contributed by atoms with Crippen LogP contribution in [0.15, 0.2) is 29.2 Å². The second kappa shape index (κ2) is 5.38. The van der Waals surface area contributed by atoms with Gasteiger partial charge in [-0.1, -0.05) is 5.21 Å². The van der Waals surface area contributed by atoms with Crippen molar-refractivity contribution in [1.29, 1.82) is 5.26 Å². The van der Waals surface area contributed by atoms with E-state index in [-0.39, 0.29) is 17.2 Å². The molecule has 9 heteroatoms. The van der Waals surface area contributed by atoms with Crippen molar-refractivity contribution in [3.05, 3.63) is 35.7 Å². The standard InChI is InChI=1S/C11H11N5O3S/c1-19-7-11-10(6-12)14-15-16(11)8-2-4-9(5-3-8)20(13,17)18/h2-5H,7H2,1H3,(H2,13,17,18). The van der Waals surface area contributed by atoms with Gasteiger partial charge in [0, 0.05) is 7.11 Å². The number of benzene rings is 1. The smallest absolute Gasteiger partial charge is 0.238 e. The van der Waals surface area contributed by atoms with E-state index in [9.17, 15) is 8.42 Å². The highest BCUT2D eigenvalue weighted by Gasteiger charge is 2.14. The average molecular weight is 293 g/mol. The van der Waals surface area contributed by atoms with Crippen LogP contribution in [0.5, 0.6) is 0 Å². The number of aromatic nitrogens is 3. The molecule has 2 rings (SSSR count). The fraction of sp³-hybridized carbons (Fsp3) is 0.182. The van der Waals surface area contributed by atoms with Gasteiger partial charge in [0.15, 0.2) is 5.69 Å². The maximum atomic E-state index is 11.2. The summed E-state index contributed by atoms with van der Waals surface area (Å²) in [5.74, 6) is 0. The summed E-state index contributed by atoms with van der Waals surface area (Å²) in [4.78, 5) is -0.00448. The van der Waals surface area contributed by atoms with Crippen LogP contribution in [0.2, 0.25) is 0 Å². The molecule has 2 aromatic rings. The molecule has 0 amide bonds. The molecule has 0 atom stereocenters. The lowest BCUT2D eigenvalue weighted by Crippen LogP contribution is -2.12. The number of sulfonamides is 1. The minimum Gasteiger partial charge on any atom is -0.378 e. The zero-order valence-corrected chi connectivity index (χ0v) is 11.3. The average Bonchev–Trinajstić information content (AvgIpc) is 2.81. The van der Waals surface area contributed by atoms with E-state index < -0.39 is 10.0 Å². The van der Waals surface area contributed by atoms with E-state index in [1.54, 1.807) is 0 Å². The molecule has 1 aromatic heterocycles. The van der Waals surface area contributed by atoms with Crippen molar-refractivity contribution in [2.75, 3.05) is 7.11 Å². The fourth-order valence-electron chi connectivity index (χ4n) is 1.64. The third kappa shape index (κ3) is 2.67. The van der Waals surface area contributed by atoms with Gasteiger partial charge in [0.05, 0.1) is 17.2 Å². The summed E-state index contributed by atoms with van der Waals surface area (Å²) in [6, 6.07) is 7.67. The third-order valence-electron chi connectivity index (χ3n) is 2.56. The number of nitrogens with zero attached hydrogens (tertiary/aromatic N) is 4. The van der Waals surface area contributed by atoms with E-state index in [0.717, 1.165) is 0 Å². The predicted molar refractivity (Wildman–Crippen MR) is 68.2 cm³/mol. The van der Waals surface area contributed by atoms with Gasteiger partial charge in [-0.2, -0.15) is 5.26 Å². The van der Waals surface area contributed by atoms with Crippen LogP contribution < -0.4 is 5.14 Å². The molecular weight excluding hydrogens is 282 g/mol. The molecule has 2 N–H and O–H groups in total. The van der Waals surface area contributed by atoms with Crippen molar-refractivity contribution in [2.45, 2.75) is 11.5 Å². The number of hydrogen-bond donors (Lipinski definition) is 1. The SMILES string of the molecule is COCc1c(C#N)nnn1-c1ccc(S(N)(=O)=O)cc1. The second-order valence-electron chi connectivity index (χ2n) is 3.88. The first-order chi connectivity index (χ1) is 9.47. The molecule has 1 heterocycles. The Bertz CT molecular complexity index is 758. The minimum atomic E-state index is -3.74. The van der Waals surface area contributed by atoms with Crippen molar-refractivity contribution >= 4 is 10.0 Å². The van der Waals surface area contributed by atoms with Crippen molar-refractivity contribution in [3.63, 3.8) is 0 Å². The van der Waals surface area contributed by atoms with E-state index in [2.05, 4.69) is 10.3 Å². The van der Waals surface area contributed by atoms with Gasteiger partial charge in [0.2, 0.25) is 10.0 Å². The summed E-state index contributed by atoms with van der Waals surface area (Å²) in [6.07, 6.45) is 0. The van der Waals surface area contributed by atoms with Crippen molar-refractivity contribution in [2.24, 2.45) is 5.14 Å². The fourth-order valence-corrected chi connectivity index (χ4v) is 2.15. The molecule has 0 saturated heterocycles. The lowest BCUT2D eigenvalue weighted by atomic mass is 10.3. The van der Waals surface area contributed by atoms with Crippen molar-refractivity contribution < 1.29 is 13.2 Å². The lowest BCUT2D eigenvalue weighted by Gasteiger charge is -2.06. The Morgan fingerprint density at radius 2 is 2.05 bits per heavy atom. The third-order valence-corrected chi connectivity index (χ3v) is 3.49. The van der Waals surface area contributed by atoms with Crippen LogP contribution in [0.1, 0.15) is 11.4 Å². The highest BCUT2D eigenvalue weighted by molar-refractivity contribution is 7.89. The first-order valence-electron chi connectivity index (χ1n) is 5.44.